The molecule has 2 aliphatic rings. The highest BCUT2D eigenvalue weighted by Crippen LogP contribution is 2.27. The zero-order valence-corrected chi connectivity index (χ0v) is 12.6. The van der Waals surface area contributed by atoms with E-state index in [-0.39, 0.29) is 11.8 Å². The van der Waals surface area contributed by atoms with Crippen LogP contribution in [0, 0.1) is 5.92 Å². The summed E-state index contributed by atoms with van der Waals surface area (Å²) in [5.74, 6) is 0.167. The Morgan fingerprint density at radius 3 is 2.86 bits per heavy atom. The molecule has 0 bridgehead atoms. The van der Waals surface area contributed by atoms with Crippen molar-refractivity contribution in [2.75, 3.05) is 11.9 Å². The highest BCUT2D eigenvalue weighted by molar-refractivity contribution is 5.97. The molecule has 3 N–H and O–H groups in total. The number of amides is 2. The van der Waals surface area contributed by atoms with Gasteiger partial charge in [0.05, 0.1) is 6.10 Å². The SMILES string of the molecule is O=C1CCc2cc(C(=O)NCC(O)C3CCCC3)ccc2N1. The Morgan fingerprint density at radius 2 is 2.09 bits per heavy atom. The molecule has 22 heavy (non-hydrogen) atoms. The Labute approximate surface area is 130 Å². The lowest BCUT2D eigenvalue weighted by Crippen LogP contribution is -2.35. The van der Waals surface area contributed by atoms with Gasteiger partial charge in [-0.15, -0.1) is 0 Å². The standard InChI is InChI=1S/C17H22N2O3/c20-15(11-3-1-2-4-11)10-18-17(22)13-5-7-14-12(9-13)6-8-16(21)19-14/h5,7,9,11,15,20H,1-4,6,8,10H2,(H,18,22)(H,19,21). The maximum atomic E-state index is 12.2. The molecule has 0 aromatic heterocycles. The molecule has 1 saturated carbocycles. The van der Waals surface area contributed by atoms with Crippen LogP contribution in [0.2, 0.25) is 0 Å². The van der Waals surface area contributed by atoms with Gasteiger partial charge >= 0.3 is 0 Å². The molecule has 1 atom stereocenters. The van der Waals surface area contributed by atoms with Crippen molar-refractivity contribution < 1.29 is 14.7 Å². The minimum Gasteiger partial charge on any atom is -0.391 e. The van der Waals surface area contributed by atoms with E-state index >= 15 is 0 Å². The van der Waals surface area contributed by atoms with Crippen LogP contribution in [0.25, 0.3) is 0 Å². The monoisotopic (exact) mass is 302 g/mol. The van der Waals surface area contributed by atoms with Gasteiger partial charge in [0.2, 0.25) is 5.91 Å². The topological polar surface area (TPSA) is 78.4 Å². The van der Waals surface area contributed by atoms with Crippen LogP contribution in [0.1, 0.15) is 48.0 Å². The van der Waals surface area contributed by atoms with E-state index in [0.29, 0.717) is 30.9 Å². The number of carbonyl (C=O) groups is 2. The summed E-state index contributed by atoms with van der Waals surface area (Å²) in [5, 5.41) is 15.7. The van der Waals surface area contributed by atoms with Gasteiger partial charge in [-0.05, 0) is 48.9 Å². The molecule has 5 heteroatoms. The molecule has 0 spiro atoms. The predicted molar refractivity (Wildman–Crippen MR) is 83.7 cm³/mol. The Kier molecular flexibility index (Phi) is 4.43. The molecule has 118 valence electrons. The second kappa shape index (κ2) is 6.48. The lowest BCUT2D eigenvalue weighted by Gasteiger charge is -2.19. The van der Waals surface area contributed by atoms with Gasteiger partial charge in [-0.3, -0.25) is 9.59 Å². The molecule has 1 fully saturated rings. The molecule has 1 heterocycles. The Hall–Kier alpha value is -1.88. The third-order valence-electron chi connectivity index (χ3n) is 4.68. The average Bonchev–Trinajstić information content (AvgIpc) is 3.06. The van der Waals surface area contributed by atoms with Crippen LogP contribution >= 0.6 is 0 Å². The third kappa shape index (κ3) is 3.30. The number of nitrogens with one attached hydrogen (secondary N) is 2. The summed E-state index contributed by atoms with van der Waals surface area (Å²) < 4.78 is 0. The summed E-state index contributed by atoms with van der Waals surface area (Å²) in [4.78, 5) is 23.5. The molecular weight excluding hydrogens is 280 g/mol. The highest BCUT2D eigenvalue weighted by Gasteiger charge is 2.23. The van der Waals surface area contributed by atoms with E-state index in [4.69, 9.17) is 0 Å². The number of hydrogen-bond acceptors (Lipinski definition) is 3. The van der Waals surface area contributed by atoms with Crippen molar-refractivity contribution in [2.24, 2.45) is 5.92 Å². The second-order valence-electron chi connectivity index (χ2n) is 6.24. The molecule has 0 saturated heterocycles. The van der Waals surface area contributed by atoms with E-state index in [0.717, 1.165) is 24.1 Å². The Bertz CT molecular complexity index is 579. The number of carbonyl (C=O) groups excluding carboxylic acids is 2. The van der Waals surface area contributed by atoms with Crippen LogP contribution < -0.4 is 10.6 Å². The number of fused-ring (bicyclic) bond motifs is 1. The fraction of sp³-hybridized carbons (Fsp3) is 0.529. The first kappa shape index (κ1) is 15.0. The normalized spacial score (nSPS) is 19.4. The quantitative estimate of drug-likeness (QED) is 0.794. The number of aliphatic hydroxyl groups excluding tert-OH is 1. The van der Waals surface area contributed by atoms with Crippen LogP contribution in [0.4, 0.5) is 5.69 Å². The van der Waals surface area contributed by atoms with Crippen LogP contribution in [0.15, 0.2) is 18.2 Å². The van der Waals surface area contributed by atoms with Crippen molar-refractivity contribution in [3.05, 3.63) is 29.3 Å². The number of aliphatic hydroxyl groups is 1. The number of aryl methyl sites for hydroxylation is 1. The van der Waals surface area contributed by atoms with Crippen molar-refractivity contribution in [2.45, 2.75) is 44.6 Å². The number of anilines is 1. The minimum atomic E-state index is -0.455. The average molecular weight is 302 g/mol. The Morgan fingerprint density at radius 1 is 1.32 bits per heavy atom. The van der Waals surface area contributed by atoms with Gasteiger partial charge in [0.1, 0.15) is 0 Å². The zero-order chi connectivity index (χ0) is 15.5. The van der Waals surface area contributed by atoms with E-state index < -0.39 is 6.10 Å². The van der Waals surface area contributed by atoms with Crippen molar-refractivity contribution in [3.8, 4) is 0 Å². The first-order chi connectivity index (χ1) is 10.6. The van der Waals surface area contributed by atoms with Gasteiger partial charge in [-0.25, -0.2) is 0 Å². The van der Waals surface area contributed by atoms with Gasteiger partial charge in [0.25, 0.3) is 5.91 Å². The van der Waals surface area contributed by atoms with Crippen LogP contribution in [-0.2, 0) is 11.2 Å². The van der Waals surface area contributed by atoms with Gasteiger partial charge in [0.15, 0.2) is 0 Å². The van der Waals surface area contributed by atoms with Crippen molar-refractivity contribution >= 4 is 17.5 Å². The predicted octanol–water partition coefficient (Wildman–Crippen LogP) is 1.85. The van der Waals surface area contributed by atoms with E-state index in [1.165, 1.54) is 12.8 Å². The number of rotatable bonds is 4. The fourth-order valence-corrected chi connectivity index (χ4v) is 3.33. The molecular formula is C17H22N2O3. The maximum absolute atomic E-state index is 12.2. The van der Waals surface area contributed by atoms with Gasteiger partial charge in [0, 0.05) is 24.2 Å². The minimum absolute atomic E-state index is 0.0180. The van der Waals surface area contributed by atoms with E-state index in [1.807, 2.05) is 6.07 Å². The molecule has 3 rings (SSSR count). The first-order valence-corrected chi connectivity index (χ1v) is 8.02. The molecule has 1 aromatic rings. The van der Waals surface area contributed by atoms with Crippen molar-refractivity contribution in [1.82, 2.24) is 5.32 Å². The molecule has 0 radical (unpaired) electrons. The van der Waals surface area contributed by atoms with Crippen molar-refractivity contribution in [1.29, 1.82) is 0 Å². The second-order valence-corrected chi connectivity index (χ2v) is 6.24. The summed E-state index contributed by atoms with van der Waals surface area (Å²) >= 11 is 0. The summed E-state index contributed by atoms with van der Waals surface area (Å²) in [7, 11) is 0. The molecule has 1 aliphatic carbocycles. The number of hydrogen-bond donors (Lipinski definition) is 3. The molecule has 2 amide bonds. The van der Waals surface area contributed by atoms with E-state index in [2.05, 4.69) is 10.6 Å². The molecule has 1 aromatic carbocycles. The summed E-state index contributed by atoms with van der Waals surface area (Å²) in [6.45, 7) is 0.303. The smallest absolute Gasteiger partial charge is 0.251 e. The fourth-order valence-electron chi connectivity index (χ4n) is 3.33. The lowest BCUT2D eigenvalue weighted by molar-refractivity contribution is -0.116. The van der Waals surface area contributed by atoms with E-state index in [9.17, 15) is 14.7 Å². The maximum Gasteiger partial charge on any atom is 0.251 e. The van der Waals surface area contributed by atoms with Gasteiger partial charge in [-0.2, -0.15) is 0 Å². The lowest BCUT2D eigenvalue weighted by atomic mass is 9.99. The zero-order valence-electron chi connectivity index (χ0n) is 12.6. The van der Waals surface area contributed by atoms with Crippen LogP contribution in [0.3, 0.4) is 0 Å². The number of benzene rings is 1. The molecule has 1 aliphatic heterocycles. The van der Waals surface area contributed by atoms with Gasteiger partial charge in [-0.1, -0.05) is 12.8 Å². The summed E-state index contributed by atoms with van der Waals surface area (Å²) in [6, 6.07) is 5.31. The van der Waals surface area contributed by atoms with Gasteiger partial charge < -0.3 is 15.7 Å². The van der Waals surface area contributed by atoms with Crippen molar-refractivity contribution in [3.63, 3.8) is 0 Å². The molecule has 1 unspecified atom stereocenters. The Balaban J connectivity index is 1.59. The van der Waals surface area contributed by atoms with Crippen LogP contribution in [-0.4, -0.2) is 29.6 Å². The molecule has 5 nitrogen and oxygen atoms in total. The highest BCUT2D eigenvalue weighted by atomic mass is 16.3. The summed E-state index contributed by atoms with van der Waals surface area (Å²) in [5.41, 5.74) is 2.36. The van der Waals surface area contributed by atoms with Crippen LogP contribution in [0.5, 0.6) is 0 Å². The largest absolute Gasteiger partial charge is 0.391 e. The summed E-state index contributed by atoms with van der Waals surface area (Å²) in [6.07, 6.45) is 5.11. The third-order valence-corrected chi connectivity index (χ3v) is 4.68. The first-order valence-electron chi connectivity index (χ1n) is 8.02. The van der Waals surface area contributed by atoms with E-state index in [1.54, 1.807) is 12.1 Å².